The van der Waals surface area contributed by atoms with E-state index in [1.54, 1.807) is 6.07 Å². The number of carbonyl (C=O) groups is 1. The number of hydrogen-bond donors (Lipinski definition) is 1. The van der Waals surface area contributed by atoms with Crippen LogP contribution in [0.1, 0.15) is 18.4 Å². The first-order valence-corrected chi connectivity index (χ1v) is 7.36. The van der Waals surface area contributed by atoms with Gasteiger partial charge in [-0.1, -0.05) is 12.1 Å². The summed E-state index contributed by atoms with van der Waals surface area (Å²) in [5.41, 5.74) is 0.709. The van der Waals surface area contributed by atoms with Crippen LogP contribution in [-0.4, -0.2) is 42.3 Å². The number of benzene rings is 1. The fourth-order valence-electron chi connectivity index (χ4n) is 3.71. The fraction of sp³-hybridized carbons (Fsp3) is 0.562. The van der Waals surface area contributed by atoms with Crippen molar-refractivity contribution in [2.24, 2.45) is 11.3 Å². The van der Waals surface area contributed by atoms with Crippen molar-refractivity contribution in [3.05, 3.63) is 35.6 Å². The molecule has 0 aromatic heterocycles. The summed E-state index contributed by atoms with van der Waals surface area (Å²) in [6.07, 6.45) is 1.59. The molecule has 0 radical (unpaired) electrons. The Kier molecular flexibility index (Phi) is 5.42. The van der Waals surface area contributed by atoms with Gasteiger partial charge >= 0.3 is 5.97 Å². The van der Waals surface area contributed by atoms with Crippen molar-refractivity contribution in [2.45, 2.75) is 19.4 Å². The summed E-state index contributed by atoms with van der Waals surface area (Å²) in [7, 11) is 0. The van der Waals surface area contributed by atoms with Crippen LogP contribution in [0.15, 0.2) is 24.3 Å². The SMILES string of the molecule is Cl.O=C(O)C1CN(Cc2cccc(F)c2)CC12CCOCC2. The van der Waals surface area contributed by atoms with Crippen LogP contribution < -0.4 is 0 Å². The lowest BCUT2D eigenvalue weighted by molar-refractivity contribution is -0.147. The Morgan fingerprint density at radius 2 is 2.14 bits per heavy atom. The molecule has 122 valence electrons. The van der Waals surface area contributed by atoms with Crippen LogP contribution in [0.4, 0.5) is 4.39 Å². The zero-order valence-corrected chi connectivity index (χ0v) is 13.2. The Morgan fingerprint density at radius 3 is 2.77 bits per heavy atom. The lowest BCUT2D eigenvalue weighted by Gasteiger charge is -2.36. The van der Waals surface area contributed by atoms with Crippen molar-refractivity contribution < 1.29 is 19.0 Å². The van der Waals surface area contributed by atoms with Crippen molar-refractivity contribution in [1.29, 1.82) is 0 Å². The van der Waals surface area contributed by atoms with Gasteiger partial charge in [-0.15, -0.1) is 12.4 Å². The van der Waals surface area contributed by atoms with Gasteiger partial charge in [0.15, 0.2) is 0 Å². The number of carboxylic acids is 1. The van der Waals surface area contributed by atoms with Gasteiger partial charge in [0, 0.05) is 38.3 Å². The van der Waals surface area contributed by atoms with Gasteiger partial charge in [0.1, 0.15) is 5.82 Å². The monoisotopic (exact) mass is 329 g/mol. The van der Waals surface area contributed by atoms with E-state index in [0.717, 1.165) is 24.9 Å². The summed E-state index contributed by atoms with van der Waals surface area (Å²) in [6.45, 7) is 3.16. The van der Waals surface area contributed by atoms with Crippen molar-refractivity contribution in [1.82, 2.24) is 4.90 Å². The summed E-state index contributed by atoms with van der Waals surface area (Å²) in [5, 5.41) is 9.53. The molecular formula is C16H21ClFNO3. The Labute approximate surface area is 135 Å². The molecule has 1 N–H and O–H groups in total. The van der Waals surface area contributed by atoms with Crippen LogP contribution in [0.5, 0.6) is 0 Å². The van der Waals surface area contributed by atoms with Crippen molar-refractivity contribution in [3.63, 3.8) is 0 Å². The van der Waals surface area contributed by atoms with Crippen molar-refractivity contribution in [2.75, 3.05) is 26.3 Å². The van der Waals surface area contributed by atoms with Gasteiger partial charge < -0.3 is 9.84 Å². The first kappa shape index (κ1) is 17.2. The number of hydrogen-bond acceptors (Lipinski definition) is 3. The third kappa shape index (κ3) is 3.42. The van der Waals surface area contributed by atoms with E-state index in [1.807, 2.05) is 6.07 Å². The maximum Gasteiger partial charge on any atom is 0.308 e. The molecule has 0 bridgehead atoms. The molecule has 4 nitrogen and oxygen atoms in total. The molecule has 1 spiro atoms. The van der Waals surface area contributed by atoms with Gasteiger partial charge in [0.2, 0.25) is 0 Å². The minimum atomic E-state index is -0.723. The highest BCUT2D eigenvalue weighted by Crippen LogP contribution is 2.44. The van der Waals surface area contributed by atoms with Crippen LogP contribution in [0.2, 0.25) is 0 Å². The molecule has 2 aliphatic rings. The van der Waals surface area contributed by atoms with E-state index in [9.17, 15) is 14.3 Å². The van der Waals surface area contributed by atoms with Gasteiger partial charge in [-0.05, 0) is 30.5 Å². The molecule has 0 aliphatic carbocycles. The van der Waals surface area contributed by atoms with E-state index in [2.05, 4.69) is 4.90 Å². The molecule has 22 heavy (non-hydrogen) atoms. The minimum absolute atomic E-state index is 0. The number of aliphatic carboxylic acids is 1. The molecule has 2 fully saturated rings. The normalized spacial score (nSPS) is 24.1. The molecule has 2 heterocycles. The average molecular weight is 330 g/mol. The Balaban J connectivity index is 0.00000176. The van der Waals surface area contributed by atoms with Gasteiger partial charge in [-0.2, -0.15) is 0 Å². The quantitative estimate of drug-likeness (QED) is 0.926. The molecule has 2 aliphatic heterocycles. The summed E-state index contributed by atoms with van der Waals surface area (Å²) >= 11 is 0. The Bertz CT molecular complexity index is 534. The number of ether oxygens (including phenoxy) is 1. The molecule has 3 rings (SSSR count). The fourth-order valence-corrected chi connectivity index (χ4v) is 3.71. The molecule has 0 saturated carbocycles. The number of halogens is 2. The second-order valence-electron chi connectivity index (χ2n) is 6.17. The summed E-state index contributed by atoms with van der Waals surface area (Å²) in [6, 6.07) is 6.52. The Hall–Kier alpha value is -1.17. The van der Waals surface area contributed by atoms with Gasteiger partial charge in [-0.3, -0.25) is 9.69 Å². The maximum atomic E-state index is 13.3. The zero-order chi connectivity index (χ0) is 14.9. The molecular weight excluding hydrogens is 309 g/mol. The highest BCUT2D eigenvalue weighted by Gasteiger charge is 2.50. The molecule has 1 aromatic carbocycles. The van der Waals surface area contributed by atoms with Crippen molar-refractivity contribution >= 4 is 18.4 Å². The first-order chi connectivity index (χ1) is 10.1. The van der Waals surface area contributed by atoms with Gasteiger partial charge in [0.25, 0.3) is 0 Å². The largest absolute Gasteiger partial charge is 0.481 e. The number of rotatable bonds is 3. The highest BCUT2D eigenvalue weighted by atomic mass is 35.5. The topological polar surface area (TPSA) is 49.8 Å². The lowest BCUT2D eigenvalue weighted by Crippen LogP contribution is -2.40. The van der Waals surface area contributed by atoms with Gasteiger partial charge in [-0.25, -0.2) is 4.39 Å². The predicted octanol–water partition coefficient (Wildman–Crippen LogP) is 2.56. The van der Waals surface area contributed by atoms with Crippen LogP contribution in [0.3, 0.4) is 0 Å². The molecule has 0 amide bonds. The van der Waals surface area contributed by atoms with Crippen LogP contribution >= 0.6 is 12.4 Å². The number of carboxylic acid groups (broad SMARTS) is 1. The van der Waals surface area contributed by atoms with E-state index in [4.69, 9.17) is 4.74 Å². The lowest BCUT2D eigenvalue weighted by atomic mass is 9.72. The minimum Gasteiger partial charge on any atom is -0.481 e. The smallest absolute Gasteiger partial charge is 0.308 e. The molecule has 1 aromatic rings. The third-order valence-electron chi connectivity index (χ3n) is 4.80. The highest BCUT2D eigenvalue weighted by molar-refractivity contribution is 5.85. The summed E-state index contributed by atoms with van der Waals surface area (Å²) < 4.78 is 18.7. The predicted molar refractivity (Wildman–Crippen MR) is 82.5 cm³/mol. The number of likely N-dealkylation sites (tertiary alicyclic amines) is 1. The van der Waals surface area contributed by atoms with Crippen LogP contribution in [-0.2, 0) is 16.1 Å². The van der Waals surface area contributed by atoms with Crippen LogP contribution in [0.25, 0.3) is 0 Å². The average Bonchev–Trinajstić information content (AvgIpc) is 2.78. The molecule has 2 saturated heterocycles. The molecule has 6 heteroatoms. The molecule has 1 atom stereocenters. The summed E-state index contributed by atoms with van der Waals surface area (Å²) in [5.74, 6) is -1.32. The van der Waals surface area contributed by atoms with E-state index < -0.39 is 5.97 Å². The van der Waals surface area contributed by atoms with E-state index in [1.165, 1.54) is 12.1 Å². The summed E-state index contributed by atoms with van der Waals surface area (Å²) in [4.78, 5) is 13.7. The zero-order valence-electron chi connectivity index (χ0n) is 12.3. The van der Waals surface area contributed by atoms with E-state index >= 15 is 0 Å². The van der Waals surface area contributed by atoms with E-state index in [-0.39, 0.29) is 29.6 Å². The Morgan fingerprint density at radius 1 is 1.41 bits per heavy atom. The number of nitrogens with zero attached hydrogens (tertiary/aromatic N) is 1. The second kappa shape index (κ2) is 6.94. The third-order valence-corrected chi connectivity index (χ3v) is 4.80. The standard InChI is InChI=1S/C16H20FNO3.ClH/c17-13-3-1-2-12(8-13)9-18-10-14(15(19)20)16(11-18)4-6-21-7-5-16;/h1-3,8,14H,4-7,9-11H2,(H,19,20);1H. The first-order valence-electron chi connectivity index (χ1n) is 7.36. The second-order valence-corrected chi connectivity index (χ2v) is 6.17. The van der Waals surface area contributed by atoms with Gasteiger partial charge in [0.05, 0.1) is 5.92 Å². The molecule has 1 unspecified atom stereocenters. The van der Waals surface area contributed by atoms with E-state index in [0.29, 0.717) is 26.3 Å². The maximum absolute atomic E-state index is 13.3. The van der Waals surface area contributed by atoms with Crippen LogP contribution in [0, 0.1) is 17.2 Å². The van der Waals surface area contributed by atoms with Crippen molar-refractivity contribution in [3.8, 4) is 0 Å².